The average molecular weight is 483 g/mol. The summed E-state index contributed by atoms with van der Waals surface area (Å²) < 4.78 is 1.78. The van der Waals surface area contributed by atoms with Crippen LogP contribution in [0.1, 0.15) is 32.3 Å². The molecule has 4 rings (SSSR count). The van der Waals surface area contributed by atoms with E-state index in [1.165, 1.54) is 24.8 Å². The first-order chi connectivity index (χ1) is 16.9. The van der Waals surface area contributed by atoms with Gasteiger partial charge in [0.15, 0.2) is 0 Å². The lowest BCUT2D eigenvalue weighted by Gasteiger charge is -2.23. The number of imide groups is 1. The standard InChI is InChI=1S/C28H26N4O2S/c1-4-5-15-35-23-13-11-20(12-14-23)26-21(18-32(30-26)22-9-7-6-8-10-22)16-24-19(2)25(17-29)28(34)31(3)27(24)33/h6-14,16,18H,4-5,15H2,1-3H3/b24-16+. The van der Waals surface area contributed by atoms with E-state index in [1.807, 2.05) is 66.5 Å². The van der Waals surface area contributed by atoms with Gasteiger partial charge < -0.3 is 0 Å². The van der Waals surface area contributed by atoms with Gasteiger partial charge in [-0.25, -0.2) is 4.68 Å². The zero-order valence-corrected chi connectivity index (χ0v) is 20.8. The van der Waals surface area contributed by atoms with Crippen molar-refractivity contribution in [3.05, 3.63) is 83.1 Å². The molecule has 176 valence electrons. The van der Waals surface area contributed by atoms with E-state index >= 15 is 0 Å². The van der Waals surface area contributed by atoms with Crippen molar-refractivity contribution in [2.45, 2.75) is 31.6 Å². The summed E-state index contributed by atoms with van der Waals surface area (Å²) in [7, 11) is 1.39. The van der Waals surface area contributed by atoms with E-state index in [0.29, 0.717) is 16.8 Å². The summed E-state index contributed by atoms with van der Waals surface area (Å²) in [4.78, 5) is 27.5. The number of benzene rings is 2. The molecule has 0 N–H and O–H groups in total. The number of nitriles is 1. The molecule has 1 aliphatic rings. The van der Waals surface area contributed by atoms with E-state index in [1.54, 1.807) is 17.7 Å². The van der Waals surface area contributed by atoms with E-state index < -0.39 is 11.8 Å². The predicted molar refractivity (Wildman–Crippen MR) is 139 cm³/mol. The first-order valence-electron chi connectivity index (χ1n) is 11.5. The van der Waals surface area contributed by atoms with Crippen LogP contribution in [0.2, 0.25) is 0 Å². The van der Waals surface area contributed by atoms with E-state index in [-0.39, 0.29) is 5.57 Å². The van der Waals surface area contributed by atoms with Crippen LogP contribution in [-0.4, -0.2) is 39.3 Å². The number of hydrogen-bond donors (Lipinski definition) is 0. The molecule has 0 unspecified atom stereocenters. The number of aromatic nitrogens is 2. The molecule has 6 nitrogen and oxygen atoms in total. The Morgan fingerprint density at radius 1 is 1.06 bits per heavy atom. The number of carbonyl (C=O) groups excluding carboxylic acids is 2. The Hall–Kier alpha value is -3.89. The van der Waals surface area contributed by atoms with Crippen molar-refractivity contribution >= 4 is 29.7 Å². The Balaban J connectivity index is 1.82. The van der Waals surface area contributed by atoms with Crippen LogP contribution in [0.15, 0.2) is 82.4 Å². The van der Waals surface area contributed by atoms with Gasteiger partial charge in [0.1, 0.15) is 11.6 Å². The minimum absolute atomic E-state index is 0.0243. The second-order valence-corrected chi connectivity index (χ2v) is 9.45. The largest absolute Gasteiger partial charge is 0.277 e. The fourth-order valence-corrected chi connectivity index (χ4v) is 4.82. The molecule has 1 aliphatic heterocycles. The molecule has 0 saturated carbocycles. The average Bonchev–Trinajstić information content (AvgIpc) is 3.31. The topological polar surface area (TPSA) is 79.0 Å². The minimum atomic E-state index is -0.580. The normalized spacial score (nSPS) is 15.1. The summed E-state index contributed by atoms with van der Waals surface area (Å²) in [6, 6.07) is 19.9. The number of para-hydroxylation sites is 1. The molecule has 0 saturated heterocycles. The van der Waals surface area contributed by atoms with E-state index in [2.05, 4.69) is 19.1 Å². The Bertz CT molecular complexity index is 1360. The zero-order valence-electron chi connectivity index (χ0n) is 20.0. The zero-order chi connectivity index (χ0) is 24.9. The number of nitrogens with zero attached hydrogens (tertiary/aromatic N) is 4. The van der Waals surface area contributed by atoms with Crippen LogP contribution < -0.4 is 0 Å². The number of likely N-dealkylation sites (N-methyl/N-ethyl adjacent to an activating group) is 1. The highest BCUT2D eigenvalue weighted by Crippen LogP contribution is 2.31. The van der Waals surface area contributed by atoms with Crippen molar-refractivity contribution in [3.8, 4) is 23.0 Å². The number of hydrogen-bond acceptors (Lipinski definition) is 5. The van der Waals surface area contributed by atoms with Crippen LogP contribution in [0, 0.1) is 11.3 Å². The van der Waals surface area contributed by atoms with Crippen LogP contribution in [0.25, 0.3) is 23.0 Å². The second-order valence-electron chi connectivity index (χ2n) is 8.28. The highest BCUT2D eigenvalue weighted by molar-refractivity contribution is 7.99. The van der Waals surface area contributed by atoms with Gasteiger partial charge in [0.25, 0.3) is 11.8 Å². The lowest BCUT2D eigenvalue weighted by atomic mass is 9.93. The molecular weight excluding hydrogens is 456 g/mol. The summed E-state index contributed by atoms with van der Waals surface area (Å²) in [6.07, 6.45) is 5.93. The summed E-state index contributed by atoms with van der Waals surface area (Å²) in [6.45, 7) is 3.82. The lowest BCUT2D eigenvalue weighted by molar-refractivity contribution is -0.138. The van der Waals surface area contributed by atoms with E-state index in [4.69, 9.17) is 5.10 Å². The molecule has 2 amide bonds. The van der Waals surface area contributed by atoms with Crippen molar-refractivity contribution in [3.63, 3.8) is 0 Å². The van der Waals surface area contributed by atoms with Crippen molar-refractivity contribution < 1.29 is 9.59 Å². The van der Waals surface area contributed by atoms with Crippen LogP contribution in [0.5, 0.6) is 0 Å². The van der Waals surface area contributed by atoms with Gasteiger partial charge in [0.05, 0.1) is 11.4 Å². The maximum Gasteiger partial charge on any atom is 0.271 e. The molecule has 2 heterocycles. The molecule has 7 heteroatoms. The maximum absolute atomic E-state index is 13.0. The van der Waals surface area contributed by atoms with E-state index in [0.717, 1.165) is 27.5 Å². The number of amides is 2. The lowest BCUT2D eigenvalue weighted by Crippen LogP contribution is -2.39. The molecule has 0 fully saturated rings. The number of unbranched alkanes of at least 4 members (excludes halogenated alkanes) is 1. The second kappa shape index (κ2) is 10.6. The van der Waals surface area contributed by atoms with Crippen molar-refractivity contribution in [1.29, 1.82) is 5.26 Å². The summed E-state index contributed by atoms with van der Waals surface area (Å²) in [5, 5.41) is 14.3. The molecule has 0 spiro atoms. The van der Waals surface area contributed by atoms with Crippen molar-refractivity contribution in [2.24, 2.45) is 0 Å². The van der Waals surface area contributed by atoms with Gasteiger partial charge in [-0.2, -0.15) is 10.4 Å². The molecule has 3 aromatic rings. The van der Waals surface area contributed by atoms with Crippen molar-refractivity contribution in [1.82, 2.24) is 14.7 Å². The third kappa shape index (κ3) is 4.98. The van der Waals surface area contributed by atoms with Gasteiger partial charge in [-0.15, -0.1) is 11.8 Å². The third-order valence-electron chi connectivity index (χ3n) is 5.90. The molecule has 2 aromatic carbocycles. The number of rotatable bonds is 7. The van der Waals surface area contributed by atoms with E-state index in [9.17, 15) is 14.9 Å². The van der Waals surface area contributed by atoms with Crippen molar-refractivity contribution in [2.75, 3.05) is 12.8 Å². The van der Waals surface area contributed by atoms with Gasteiger partial charge in [-0.3, -0.25) is 14.5 Å². The van der Waals surface area contributed by atoms with Gasteiger partial charge in [-0.1, -0.05) is 43.7 Å². The first kappa shape index (κ1) is 24.2. The van der Waals surface area contributed by atoms with Gasteiger partial charge in [0, 0.05) is 34.8 Å². The highest BCUT2D eigenvalue weighted by atomic mass is 32.2. The molecule has 0 radical (unpaired) electrons. The van der Waals surface area contributed by atoms with Crippen LogP contribution in [-0.2, 0) is 9.59 Å². The Kier molecular flexibility index (Phi) is 7.33. The number of thioether (sulfide) groups is 1. The van der Waals surface area contributed by atoms with Crippen LogP contribution >= 0.6 is 11.8 Å². The first-order valence-corrected chi connectivity index (χ1v) is 12.5. The highest BCUT2D eigenvalue weighted by Gasteiger charge is 2.33. The smallest absolute Gasteiger partial charge is 0.271 e. The van der Waals surface area contributed by atoms with Gasteiger partial charge in [-0.05, 0) is 55.0 Å². The molecule has 35 heavy (non-hydrogen) atoms. The molecule has 0 atom stereocenters. The fourth-order valence-electron chi connectivity index (χ4n) is 3.83. The third-order valence-corrected chi connectivity index (χ3v) is 7.00. The Labute approximate surface area is 209 Å². The molecular formula is C28H26N4O2S. The minimum Gasteiger partial charge on any atom is -0.277 e. The summed E-state index contributed by atoms with van der Waals surface area (Å²) in [5.74, 6) is 0.0629. The van der Waals surface area contributed by atoms with Crippen LogP contribution in [0.4, 0.5) is 0 Å². The monoisotopic (exact) mass is 482 g/mol. The maximum atomic E-state index is 13.0. The summed E-state index contributed by atoms with van der Waals surface area (Å²) >= 11 is 1.83. The molecule has 0 aliphatic carbocycles. The number of carbonyl (C=O) groups is 2. The fraction of sp³-hybridized carbons (Fsp3) is 0.214. The predicted octanol–water partition coefficient (Wildman–Crippen LogP) is 5.65. The molecule has 0 bridgehead atoms. The van der Waals surface area contributed by atoms with Gasteiger partial charge in [0.2, 0.25) is 0 Å². The quantitative estimate of drug-likeness (QED) is 0.188. The molecule has 1 aromatic heterocycles. The summed E-state index contributed by atoms with van der Waals surface area (Å²) in [5.41, 5.74) is 3.90. The Morgan fingerprint density at radius 3 is 2.43 bits per heavy atom. The Morgan fingerprint density at radius 2 is 1.77 bits per heavy atom. The van der Waals surface area contributed by atoms with Gasteiger partial charge >= 0.3 is 0 Å². The SMILES string of the molecule is CCCCSc1ccc(-c2nn(-c3ccccc3)cc2/C=C2/C(=O)N(C)C(=O)C(C#N)=C2C)cc1. The van der Waals surface area contributed by atoms with Crippen LogP contribution in [0.3, 0.4) is 0 Å².